The van der Waals surface area contributed by atoms with Gasteiger partial charge in [-0.3, -0.25) is 14.4 Å². The largest absolute Gasteiger partial charge is 0.394 e. The van der Waals surface area contributed by atoms with E-state index in [9.17, 15) is 14.7 Å². The molecule has 0 saturated carbocycles. The predicted molar refractivity (Wildman–Crippen MR) is 176 cm³/mol. The lowest BCUT2D eigenvalue weighted by Crippen LogP contribution is -2.56. The van der Waals surface area contributed by atoms with E-state index in [1.165, 1.54) is 0 Å². The first-order valence-corrected chi connectivity index (χ1v) is 16.0. The molecule has 3 fully saturated rings. The number of carbonyl (C=O) groups is 3. The van der Waals surface area contributed by atoms with Crippen LogP contribution in [0.2, 0.25) is 0 Å². The van der Waals surface area contributed by atoms with Crippen LogP contribution in [0.15, 0.2) is 98.1 Å². The second-order valence-corrected chi connectivity index (χ2v) is 14.3. The van der Waals surface area contributed by atoms with Crippen LogP contribution in [0, 0.1) is 11.8 Å². The molecule has 3 aliphatic heterocycles. The monoisotopic (exact) mass is 609 g/mol. The summed E-state index contributed by atoms with van der Waals surface area (Å²) in [7, 11) is 1.74. The van der Waals surface area contributed by atoms with Crippen LogP contribution in [0.1, 0.15) is 31.4 Å². The topological polar surface area (TPSA) is 81.2 Å². The minimum atomic E-state index is -0.891. The van der Waals surface area contributed by atoms with Gasteiger partial charge >= 0.3 is 0 Å². The molecule has 6 atom stereocenters. The summed E-state index contributed by atoms with van der Waals surface area (Å²) >= 11 is 1.63. The Morgan fingerprint density at radius 2 is 1.68 bits per heavy atom. The van der Waals surface area contributed by atoms with Gasteiger partial charge in [-0.05, 0) is 48.2 Å². The Bertz CT molecular complexity index is 1630. The van der Waals surface area contributed by atoms with Crippen molar-refractivity contribution in [2.45, 2.75) is 41.3 Å². The molecule has 3 amide bonds. The highest BCUT2D eigenvalue weighted by atomic mass is 32.2. The lowest BCUT2D eigenvalue weighted by atomic mass is 9.66. The maximum Gasteiger partial charge on any atom is 0.251 e. The number of carbonyl (C=O) groups excluding carboxylic acids is 3. The lowest BCUT2D eigenvalue weighted by molar-refractivity contribution is -0.146. The summed E-state index contributed by atoms with van der Waals surface area (Å²) in [6, 6.07) is 21.6. The number of likely N-dealkylation sites (N-methyl/N-ethyl adjacent to an activating group) is 1. The third-order valence-corrected chi connectivity index (χ3v) is 11.8. The van der Waals surface area contributed by atoms with Crippen LogP contribution in [-0.2, 0) is 14.4 Å². The van der Waals surface area contributed by atoms with Crippen LogP contribution in [-0.4, -0.2) is 74.9 Å². The Labute approximate surface area is 263 Å². The minimum absolute atomic E-state index is 0.106. The van der Waals surface area contributed by atoms with E-state index in [4.69, 9.17) is 0 Å². The van der Waals surface area contributed by atoms with Gasteiger partial charge in [-0.2, -0.15) is 0 Å². The zero-order valence-electron chi connectivity index (χ0n) is 25.3. The van der Waals surface area contributed by atoms with E-state index in [2.05, 4.69) is 20.1 Å². The van der Waals surface area contributed by atoms with E-state index in [0.717, 1.165) is 16.3 Å². The van der Waals surface area contributed by atoms with Crippen LogP contribution in [0.5, 0.6) is 0 Å². The molecule has 2 bridgehead atoms. The predicted octanol–water partition coefficient (Wildman–Crippen LogP) is 5.22. The molecule has 228 valence electrons. The second kappa shape index (κ2) is 11.6. The summed E-state index contributed by atoms with van der Waals surface area (Å²) in [5.41, 5.74) is 1.46. The Morgan fingerprint density at radius 1 is 1.00 bits per heavy atom. The SMILES string of the molecule is C=CCN(C)C(=O)[C@@H]1[C@H]2C(=O)N([C@H](CO)c3ccccc3)C(C(=O)N(CC=C)c3ccc4ccccc4c3)C23CC[C@@]1(C)S3. The van der Waals surface area contributed by atoms with Crippen molar-refractivity contribution in [3.8, 4) is 0 Å². The molecule has 0 radical (unpaired) electrons. The zero-order valence-corrected chi connectivity index (χ0v) is 26.1. The van der Waals surface area contributed by atoms with Gasteiger partial charge in [0.15, 0.2) is 0 Å². The van der Waals surface area contributed by atoms with Crippen molar-refractivity contribution in [3.05, 3.63) is 104 Å². The number of hydrogen-bond acceptors (Lipinski definition) is 5. The van der Waals surface area contributed by atoms with Crippen molar-refractivity contribution in [2.24, 2.45) is 11.8 Å². The Balaban J connectivity index is 1.50. The Morgan fingerprint density at radius 3 is 2.36 bits per heavy atom. The number of thioether (sulfide) groups is 1. The van der Waals surface area contributed by atoms with E-state index in [1.54, 1.807) is 45.7 Å². The fourth-order valence-corrected chi connectivity index (χ4v) is 10.2. The van der Waals surface area contributed by atoms with Gasteiger partial charge < -0.3 is 19.8 Å². The van der Waals surface area contributed by atoms with E-state index in [1.807, 2.05) is 72.8 Å². The average Bonchev–Trinajstić information content (AvgIpc) is 3.61. The molecule has 6 rings (SSSR count). The number of nitrogens with zero attached hydrogens (tertiary/aromatic N) is 3. The Hall–Kier alpha value is -3.88. The molecule has 3 aliphatic rings. The van der Waals surface area contributed by atoms with Crippen molar-refractivity contribution in [1.29, 1.82) is 0 Å². The highest BCUT2D eigenvalue weighted by molar-refractivity contribution is 8.02. The fraction of sp³-hybridized carbons (Fsp3) is 0.361. The molecule has 0 aromatic heterocycles. The van der Waals surface area contributed by atoms with Crippen molar-refractivity contribution < 1.29 is 19.5 Å². The lowest BCUT2D eigenvalue weighted by Gasteiger charge is -2.39. The first-order chi connectivity index (χ1) is 21.2. The molecule has 3 aromatic carbocycles. The van der Waals surface area contributed by atoms with Gasteiger partial charge in [0.25, 0.3) is 5.91 Å². The quantitative estimate of drug-likeness (QED) is 0.319. The highest BCUT2D eigenvalue weighted by Gasteiger charge is 2.78. The standard InChI is InChI=1S/C36H39N3O4S/c1-5-20-37(4)32(41)29-30-33(42)39(28(23-40)25-13-8-7-9-14-25)31(36(30)19-18-35(29,3)44-36)34(43)38(21-6-2)27-17-16-24-12-10-11-15-26(24)22-27/h5-17,22,28-31,40H,1-2,18-21,23H2,3-4H3/t28-,29+,30+,31?,35-,36?/m1/s1. The summed E-state index contributed by atoms with van der Waals surface area (Å²) in [4.78, 5) is 48.9. The number of anilines is 1. The number of aliphatic hydroxyl groups is 1. The van der Waals surface area contributed by atoms with E-state index in [-0.39, 0.29) is 30.9 Å². The molecule has 3 saturated heterocycles. The molecule has 0 aliphatic carbocycles. The van der Waals surface area contributed by atoms with Gasteiger partial charge in [-0.15, -0.1) is 24.9 Å². The molecular formula is C36H39N3O4S. The Kier molecular flexibility index (Phi) is 7.92. The minimum Gasteiger partial charge on any atom is -0.394 e. The second-order valence-electron chi connectivity index (χ2n) is 12.4. The third kappa shape index (κ3) is 4.58. The molecule has 3 heterocycles. The van der Waals surface area contributed by atoms with Gasteiger partial charge in [0.2, 0.25) is 11.8 Å². The van der Waals surface area contributed by atoms with Gasteiger partial charge in [-0.25, -0.2) is 0 Å². The molecule has 8 heteroatoms. The molecule has 3 aromatic rings. The maximum absolute atomic E-state index is 15.1. The smallest absolute Gasteiger partial charge is 0.251 e. The van der Waals surface area contributed by atoms with E-state index < -0.39 is 33.4 Å². The summed E-state index contributed by atoms with van der Waals surface area (Å²) < 4.78 is -1.32. The average molecular weight is 610 g/mol. The number of likely N-dealkylation sites (tertiary alicyclic amines) is 1. The first kappa shape index (κ1) is 30.2. The summed E-state index contributed by atoms with van der Waals surface area (Å²) in [6.07, 6.45) is 4.71. The van der Waals surface area contributed by atoms with Crippen molar-refractivity contribution >= 4 is 45.9 Å². The van der Waals surface area contributed by atoms with Crippen LogP contribution in [0.3, 0.4) is 0 Å². The van der Waals surface area contributed by atoms with Crippen LogP contribution in [0.25, 0.3) is 10.8 Å². The van der Waals surface area contributed by atoms with Gasteiger partial charge in [0.05, 0.1) is 29.2 Å². The number of rotatable bonds is 10. The third-order valence-electron chi connectivity index (χ3n) is 9.81. The van der Waals surface area contributed by atoms with Crippen LogP contribution in [0.4, 0.5) is 5.69 Å². The van der Waals surface area contributed by atoms with Crippen LogP contribution < -0.4 is 4.90 Å². The number of hydrogen-bond donors (Lipinski definition) is 1. The van der Waals surface area contributed by atoms with Crippen molar-refractivity contribution in [3.63, 3.8) is 0 Å². The van der Waals surface area contributed by atoms with Gasteiger partial charge in [0.1, 0.15) is 6.04 Å². The maximum atomic E-state index is 15.1. The number of aliphatic hydroxyl groups excluding tert-OH is 1. The highest BCUT2D eigenvalue weighted by Crippen LogP contribution is 2.72. The van der Waals surface area contributed by atoms with Gasteiger partial charge in [-0.1, -0.05) is 72.8 Å². The molecule has 1 spiro atoms. The van der Waals surface area contributed by atoms with E-state index in [0.29, 0.717) is 25.1 Å². The van der Waals surface area contributed by atoms with Crippen molar-refractivity contribution in [2.75, 3.05) is 31.6 Å². The molecule has 44 heavy (non-hydrogen) atoms. The summed E-state index contributed by atoms with van der Waals surface area (Å²) in [6.45, 7) is 10.1. The summed E-state index contributed by atoms with van der Waals surface area (Å²) in [5.74, 6) is -1.87. The first-order valence-electron chi connectivity index (χ1n) is 15.2. The molecule has 1 N–H and O–H groups in total. The van der Waals surface area contributed by atoms with Crippen LogP contribution >= 0.6 is 11.8 Å². The molecule has 2 unspecified atom stereocenters. The number of benzene rings is 3. The number of amides is 3. The normalized spacial score (nSPS) is 27.7. The summed E-state index contributed by atoms with van der Waals surface area (Å²) in [5, 5.41) is 12.9. The van der Waals surface area contributed by atoms with Crippen molar-refractivity contribution in [1.82, 2.24) is 9.80 Å². The zero-order chi connectivity index (χ0) is 31.2. The van der Waals surface area contributed by atoms with Gasteiger partial charge in [0, 0.05) is 30.6 Å². The number of fused-ring (bicyclic) bond motifs is 2. The molecular weight excluding hydrogens is 570 g/mol. The fourth-order valence-electron chi connectivity index (χ4n) is 7.85. The van der Waals surface area contributed by atoms with E-state index >= 15 is 4.79 Å². The molecule has 7 nitrogen and oxygen atoms in total.